The zero-order valence-corrected chi connectivity index (χ0v) is 13.1. The highest BCUT2D eigenvalue weighted by molar-refractivity contribution is 9.10. The Kier molecular flexibility index (Phi) is 4.65. The molecule has 0 atom stereocenters. The molecule has 0 saturated heterocycles. The maximum atomic E-state index is 13.1. The summed E-state index contributed by atoms with van der Waals surface area (Å²) < 4.78 is 14.8. The molecule has 18 heavy (non-hydrogen) atoms. The highest BCUT2D eigenvalue weighted by Crippen LogP contribution is 2.26. The molecule has 0 fully saturated rings. The van der Waals surface area contributed by atoms with Gasteiger partial charge in [0, 0.05) is 21.2 Å². The van der Waals surface area contributed by atoms with E-state index in [1.165, 1.54) is 12.1 Å². The molecular weight excluding hydrogens is 384 g/mol. The van der Waals surface area contributed by atoms with Crippen LogP contribution in [0.1, 0.15) is 5.56 Å². The number of hydrogen-bond acceptors (Lipinski definition) is 1. The lowest BCUT2D eigenvalue weighted by molar-refractivity contribution is 0.625. The van der Waals surface area contributed by atoms with Crippen molar-refractivity contribution in [2.45, 2.75) is 6.54 Å². The third-order valence-electron chi connectivity index (χ3n) is 2.41. The van der Waals surface area contributed by atoms with Gasteiger partial charge >= 0.3 is 0 Å². The van der Waals surface area contributed by atoms with Crippen LogP contribution in [0.15, 0.2) is 45.3 Å². The fraction of sp³-hybridized carbons (Fsp3) is 0.0769. The van der Waals surface area contributed by atoms with Gasteiger partial charge in [-0.25, -0.2) is 4.39 Å². The second-order valence-electron chi connectivity index (χ2n) is 3.72. The van der Waals surface area contributed by atoms with Crippen LogP contribution in [-0.2, 0) is 6.54 Å². The molecule has 1 N–H and O–H groups in total. The van der Waals surface area contributed by atoms with Gasteiger partial charge in [-0.15, -0.1) is 0 Å². The molecule has 0 heterocycles. The Morgan fingerprint density at radius 1 is 1.06 bits per heavy atom. The van der Waals surface area contributed by atoms with Crippen LogP contribution in [0.2, 0.25) is 5.02 Å². The third kappa shape index (κ3) is 3.46. The second-order valence-corrected chi connectivity index (χ2v) is 5.83. The molecule has 0 unspecified atom stereocenters. The largest absolute Gasteiger partial charge is 0.381 e. The second kappa shape index (κ2) is 6.04. The minimum Gasteiger partial charge on any atom is -0.381 e. The molecule has 2 aromatic carbocycles. The van der Waals surface area contributed by atoms with E-state index in [4.69, 9.17) is 11.6 Å². The number of benzene rings is 2. The van der Waals surface area contributed by atoms with Crippen molar-refractivity contribution in [2.75, 3.05) is 5.32 Å². The summed E-state index contributed by atoms with van der Waals surface area (Å²) in [6, 6.07) is 10.2. The van der Waals surface area contributed by atoms with Crippen molar-refractivity contribution < 1.29 is 4.39 Å². The molecule has 0 aliphatic heterocycles. The standard InChI is InChI=1S/C13H9Br2ClFN/c14-11-3-1-9(17)5-8(11)7-18-10-2-4-13(16)12(15)6-10/h1-6,18H,7H2. The van der Waals surface area contributed by atoms with Gasteiger partial charge in [-0.3, -0.25) is 0 Å². The van der Waals surface area contributed by atoms with Gasteiger partial charge in [0.2, 0.25) is 0 Å². The van der Waals surface area contributed by atoms with E-state index >= 15 is 0 Å². The summed E-state index contributed by atoms with van der Waals surface area (Å²) in [6.45, 7) is 0.534. The predicted molar refractivity (Wildman–Crippen MR) is 80.6 cm³/mol. The van der Waals surface area contributed by atoms with Crippen LogP contribution < -0.4 is 5.32 Å². The highest BCUT2D eigenvalue weighted by Gasteiger charge is 2.03. The van der Waals surface area contributed by atoms with Crippen molar-refractivity contribution >= 4 is 49.1 Å². The zero-order chi connectivity index (χ0) is 13.1. The lowest BCUT2D eigenvalue weighted by Crippen LogP contribution is -2.00. The summed E-state index contributed by atoms with van der Waals surface area (Å²) in [4.78, 5) is 0. The topological polar surface area (TPSA) is 12.0 Å². The molecule has 0 aromatic heterocycles. The number of halogens is 4. The van der Waals surface area contributed by atoms with E-state index in [1.807, 2.05) is 12.1 Å². The van der Waals surface area contributed by atoms with Gasteiger partial charge in [0.1, 0.15) is 5.82 Å². The molecule has 0 radical (unpaired) electrons. The normalized spacial score (nSPS) is 10.4. The Morgan fingerprint density at radius 2 is 1.83 bits per heavy atom. The molecule has 2 aromatic rings. The maximum Gasteiger partial charge on any atom is 0.123 e. The van der Waals surface area contributed by atoms with Crippen LogP contribution in [0.3, 0.4) is 0 Å². The highest BCUT2D eigenvalue weighted by atomic mass is 79.9. The van der Waals surface area contributed by atoms with Crippen molar-refractivity contribution in [3.8, 4) is 0 Å². The van der Waals surface area contributed by atoms with Gasteiger partial charge < -0.3 is 5.32 Å². The summed E-state index contributed by atoms with van der Waals surface area (Å²) in [7, 11) is 0. The zero-order valence-electron chi connectivity index (χ0n) is 9.18. The van der Waals surface area contributed by atoms with E-state index in [2.05, 4.69) is 37.2 Å². The first-order valence-electron chi connectivity index (χ1n) is 5.19. The molecule has 0 aliphatic rings. The summed E-state index contributed by atoms with van der Waals surface area (Å²) in [6.07, 6.45) is 0. The molecule has 0 amide bonds. The molecule has 5 heteroatoms. The SMILES string of the molecule is Fc1ccc(Br)c(CNc2ccc(Cl)c(Br)c2)c1. The Bertz CT molecular complexity index is 575. The van der Waals surface area contributed by atoms with Gasteiger partial charge in [0.25, 0.3) is 0 Å². The van der Waals surface area contributed by atoms with E-state index in [1.54, 1.807) is 12.1 Å². The molecule has 0 aliphatic carbocycles. The minimum atomic E-state index is -0.243. The molecule has 0 saturated carbocycles. The van der Waals surface area contributed by atoms with Crippen molar-refractivity contribution in [2.24, 2.45) is 0 Å². The first-order valence-corrected chi connectivity index (χ1v) is 7.15. The number of rotatable bonds is 3. The summed E-state index contributed by atoms with van der Waals surface area (Å²) in [5, 5.41) is 3.87. The van der Waals surface area contributed by atoms with E-state index in [9.17, 15) is 4.39 Å². The summed E-state index contributed by atoms with van der Waals surface area (Å²) in [5.41, 5.74) is 1.78. The van der Waals surface area contributed by atoms with Gasteiger partial charge in [-0.2, -0.15) is 0 Å². The van der Waals surface area contributed by atoms with Gasteiger partial charge in [0.05, 0.1) is 5.02 Å². The minimum absolute atomic E-state index is 0.243. The molecule has 0 spiro atoms. The first kappa shape index (κ1) is 13.8. The quantitative estimate of drug-likeness (QED) is 0.714. The Morgan fingerprint density at radius 3 is 2.56 bits per heavy atom. The fourth-order valence-corrected chi connectivity index (χ4v) is 2.37. The van der Waals surface area contributed by atoms with Gasteiger partial charge in [-0.1, -0.05) is 27.5 Å². The van der Waals surface area contributed by atoms with Crippen molar-refractivity contribution in [3.05, 3.63) is 61.7 Å². The average molecular weight is 393 g/mol. The lowest BCUT2D eigenvalue weighted by Gasteiger charge is -2.09. The number of anilines is 1. The summed E-state index contributed by atoms with van der Waals surface area (Å²) in [5.74, 6) is -0.243. The molecule has 0 bridgehead atoms. The predicted octanol–water partition coefficient (Wildman–Crippen LogP) is 5.62. The van der Waals surface area contributed by atoms with Crippen LogP contribution in [0.4, 0.5) is 10.1 Å². The van der Waals surface area contributed by atoms with Crippen molar-refractivity contribution in [1.82, 2.24) is 0 Å². The monoisotopic (exact) mass is 391 g/mol. The number of nitrogens with one attached hydrogen (secondary N) is 1. The van der Waals surface area contributed by atoms with Gasteiger partial charge in [0.15, 0.2) is 0 Å². The van der Waals surface area contributed by atoms with E-state index in [0.29, 0.717) is 11.6 Å². The van der Waals surface area contributed by atoms with E-state index < -0.39 is 0 Å². The van der Waals surface area contributed by atoms with E-state index in [-0.39, 0.29) is 5.82 Å². The lowest BCUT2D eigenvalue weighted by atomic mass is 10.2. The molecular formula is C13H9Br2ClFN. The maximum absolute atomic E-state index is 13.1. The van der Waals surface area contributed by atoms with Crippen molar-refractivity contribution in [1.29, 1.82) is 0 Å². The molecule has 94 valence electrons. The Labute approximate surface area is 127 Å². The first-order chi connectivity index (χ1) is 8.56. The average Bonchev–Trinajstić information content (AvgIpc) is 2.34. The van der Waals surface area contributed by atoms with Crippen molar-refractivity contribution in [3.63, 3.8) is 0 Å². The van der Waals surface area contributed by atoms with Gasteiger partial charge in [-0.05, 0) is 57.9 Å². The third-order valence-corrected chi connectivity index (χ3v) is 4.40. The smallest absolute Gasteiger partial charge is 0.123 e. The Hall–Kier alpha value is -0.580. The van der Waals surface area contributed by atoms with Crippen LogP contribution in [0.5, 0.6) is 0 Å². The van der Waals surface area contributed by atoms with E-state index in [0.717, 1.165) is 20.2 Å². The van der Waals surface area contributed by atoms with Crippen LogP contribution in [0, 0.1) is 5.82 Å². The summed E-state index contributed by atoms with van der Waals surface area (Å²) >= 11 is 12.7. The Balaban J connectivity index is 2.11. The van der Waals surface area contributed by atoms with Crippen LogP contribution in [-0.4, -0.2) is 0 Å². The van der Waals surface area contributed by atoms with Crippen LogP contribution in [0.25, 0.3) is 0 Å². The number of hydrogen-bond donors (Lipinski definition) is 1. The molecule has 2 rings (SSSR count). The molecule has 1 nitrogen and oxygen atoms in total. The van der Waals surface area contributed by atoms with Crippen LogP contribution >= 0.6 is 43.5 Å². The fourth-order valence-electron chi connectivity index (χ4n) is 1.48.